The summed E-state index contributed by atoms with van der Waals surface area (Å²) in [5.41, 5.74) is 6.66. The lowest BCUT2D eigenvalue weighted by Gasteiger charge is -2.00. The van der Waals surface area contributed by atoms with Crippen LogP contribution in [0.5, 0.6) is 0 Å². The third-order valence-corrected chi connectivity index (χ3v) is 2.55. The lowest BCUT2D eigenvalue weighted by molar-refractivity contribution is 0.0972. The molecule has 0 radical (unpaired) electrons. The SMILES string of the molecule is CN=C(N)NC(=O)c1cc2cc(Cl)ccc2[nH]1. The first-order chi connectivity index (χ1) is 8.10. The van der Waals surface area contributed by atoms with Gasteiger partial charge in [-0.1, -0.05) is 11.6 Å². The van der Waals surface area contributed by atoms with Crippen molar-refractivity contribution < 1.29 is 4.79 Å². The van der Waals surface area contributed by atoms with Crippen LogP contribution in [0.1, 0.15) is 10.5 Å². The Kier molecular flexibility index (Phi) is 3.01. The Labute approximate surface area is 103 Å². The molecule has 88 valence electrons. The van der Waals surface area contributed by atoms with Crippen molar-refractivity contribution in [2.45, 2.75) is 0 Å². The Balaban J connectivity index is 2.33. The molecule has 0 bridgehead atoms. The van der Waals surface area contributed by atoms with Gasteiger partial charge < -0.3 is 10.7 Å². The van der Waals surface area contributed by atoms with Crippen molar-refractivity contribution in [3.8, 4) is 0 Å². The molecule has 5 nitrogen and oxygen atoms in total. The van der Waals surface area contributed by atoms with Crippen molar-refractivity contribution in [2.75, 3.05) is 7.05 Å². The van der Waals surface area contributed by atoms with Crippen LogP contribution < -0.4 is 11.1 Å². The Hall–Kier alpha value is -2.01. The third kappa shape index (κ3) is 2.39. The number of amides is 1. The van der Waals surface area contributed by atoms with E-state index in [0.29, 0.717) is 10.7 Å². The molecular weight excluding hydrogens is 240 g/mol. The van der Waals surface area contributed by atoms with Crippen LogP contribution in [0.25, 0.3) is 10.9 Å². The lowest BCUT2D eigenvalue weighted by atomic mass is 10.2. The normalized spacial score (nSPS) is 11.8. The molecule has 0 fully saturated rings. The van der Waals surface area contributed by atoms with Crippen LogP contribution in [-0.2, 0) is 0 Å². The first kappa shape index (κ1) is 11.5. The van der Waals surface area contributed by atoms with Gasteiger partial charge >= 0.3 is 0 Å². The van der Waals surface area contributed by atoms with Gasteiger partial charge in [0.2, 0.25) is 0 Å². The maximum Gasteiger partial charge on any atom is 0.274 e. The molecule has 1 aromatic carbocycles. The maximum atomic E-state index is 11.7. The highest BCUT2D eigenvalue weighted by Crippen LogP contribution is 2.19. The summed E-state index contributed by atoms with van der Waals surface area (Å²) >= 11 is 5.86. The number of aliphatic imine (C=N–C) groups is 1. The number of fused-ring (bicyclic) bond motifs is 1. The second kappa shape index (κ2) is 4.47. The van der Waals surface area contributed by atoms with E-state index in [0.717, 1.165) is 10.9 Å². The van der Waals surface area contributed by atoms with Gasteiger partial charge in [-0.05, 0) is 24.3 Å². The predicted molar refractivity (Wildman–Crippen MR) is 68.3 cm³/mol. The van der Waals surface area contributed by atoms with Crippen LogP contribution in [0.15, 0.2) is 29.3 Å². The summed E-state index contributed by atoms with van der Waals surface area (Å²) in [7, 11) is 1.50. The van der Waals surface area contributed by atoms with E-state index in [1.807, 2.05) is 6.07 Å². The molecule has 1 aromatic heterocycles. The van der Waals surface area contributed by atoms with E-state index in [1.165, 1.54) is 7.05 Å². The van der Waals surface area contributed by atoms with Gasteiger partial charge in [-0.25, -0.2) is 0 Å². The minimum absolute atomic E-state index is 0.0756. The number of hydrogen-bond acceptors (Lipinski definition) is 2. The number of carbonyl (C=O) groups is 1. The smallest absolute Gasteiger partial charge is 0.274 e. The monoisotopic (exact) mass is 250 g/mol. The Morgan fingerprint density at radius 2 is 2.24 bits per heavy atom. The molecule has 0 saturated carbocycles. The molecule has 1 amide bonds. The summed E-state index contributed by atoms with van der Waals surface area (Å²) in [6, 6.07) is 7.05. The van der Waals surface area contributed by atoms with Gasteiger partial charge in [-0.2, -0.15) is 0 Å². The fraction of sp³-hybridized carbons (Fsp3) is 0.0909. The fourth-order valence-electron chi connectivity index (χ4n) is 1.47. The van der Waals surface area contributed by atoms with Gasteiger partial charge in [0, 0.05) is 23.0 Å². The quantitative estimate of drug-likeness (QED) is 0.529. The van der Waals surface area contributed by atoms with Crippen LogP contribution in [-0.4, -0.2) is 23.9 Å². The third-order valence-electron chi connectivity index (χ3n) is 2.31. The standard InChI is InChI=1S/C11H11ClN4O/c1-14-11(13)16-10(17)9-5-6-4-7(12)2-3-8(6)15-9/h2-5,15H,1H3,(H3,13,14,16,17). The summed E-state index contributed by atoms with van der Waals surface area (Å²) in [5.74, 6) is -0.257. The topological polar surface area (TPSA) is 83.3 Å². The predicted octanol–water partition coefficient (Wildman–Crippen LogP) is 1.50. The number of rotatable bonds is 1. The van der Waals surface area contributed by atoms with E-state index < -0.39 is 0 Å². The summed E-state index contributed by atoms with van der Waals surface area (Å²) in [5, 5.41) is 3.94. The van der Waals surface area contributed by atoms with Gasteiger partial charge in [-0.15, -0.1) is 0 Å². The van der Waals surface area contributed by atoms with Crippen LogP contribution >= 0.6 is 11.6 Å². The van der Waals surface area contributed by atoms with Crippen LogP contribution in [0, 0.1) is 0 Å². The highest BCUT2D eigenvalue weighted by Gasteiger charge is 2.10. The lowest BCUT2D eigenvalue weighted by Crippen LogP contribution is -2.36. The zero-order valence-electron chi connectivity index (χ0n) is 9.12. The number of nitrogens with one attached hydrogen (secondary N) is 2. The van der Waals surface area contributed by atoms with Gasteiger partial charge in [0.15, 0.2) is 5.96 Å². The van der Waals surface area contributed by atoms with Crippen molar-refractivity contribution >= 4 is 34.4 Å². The Morgan fingerprint density at radius 1 is 1.47 bits per heavy atom. The van der Waals surface area contributed by atoms with Crippen molar-refractivity contribution in [1.82, 2.24) is 10.3 Å². The summed E-state index contributed by atoms with van der Waals surface area (Å²) < 4.78 is 0. The number of H-pyrrole nitrogens is 1. The van der Waals surface area contributed by atoms with Gasteiger partial charge in [0.1, 0.15) is 5.69 Å². The highest BCUT2D eigenvalue weighted by molar-refractivity contribution is 6.31. The first-order valence-corrected chi connectivity index (χ1v) is 5.30. The fourth-order valence-corrected chi connectivity index (χ4v) is 1.65. The molecule has 0 unspecified atom stereocenters. The Bertz CT molecular complexity index is 603. The van der Waals surface area contributed by atoms with Gasteiger partial charge in [0.25, 0.3) is 5.91 Å². The second-order valence-electron chi connectivity index (χ2n) is 3.48. The number of aromatic nitrogens is 1. The molecular formula is C11H11ClN4O. The average molecular weight is 251 g/mol. The summed E-state index contributed by atoms with van der Waals surface area (Å²) in [6.45, 7) is 0. The zero-order valence-corrected chi connectivity index (χ0v) is 9.88. The zero-order chi connectivity index (χ0) is 12.4. The summed E-state index contributed by atoms with van der Waals surface area (Å²) in [4.78, 5) is 18.4. The van der Waals surface area contributed by atoms with Crippen molar-refractivity contribution in [3.05, 3.63) is 35.0 Å². The van der Waals surface area contributed by atoms with Crippen molar-refractivity contribution in [1.29, 1.82) is 0 Å². The molecule has 2 rings (SSSR count). The molecule has 0 aliphatic rings. The van der Waals surface area contributed by atoms with Crippen LogP contribution in [0.4, 0.5) is 0 Å². The number of aromatic amines is 1. The number of nitrogens with zero attached hydrogens (tertiary/aromatic N) is 1. The number of benzene rings is 1. The molecule has 0 saturated heterocycles. The molecule has 0 spiro atoms. The van der Waals surface area contributed by atoms with Gasteiger partial charge in [-0.3, -0.25) is 15.1 Å². The van der Waals surface area contributed by atoms with Crippen LogP contribution in [0.2, 0.25) is 5.02 Å². The number of hydrogen-bond donors (Lipinski definition) is 3. The molecule has 0 atom stereocenters. The average Bonchev–Trinajstić information content (AvgIpc) is 2.71. The first-order valence-electron chi connectivity index (χ1n) is 4.92. The molecule has 17 heavy (non-hydrogen) atoms. The molecule has 6 heteroatoms. The van der Waals surface area contributed by atoms with E-state index in [-0.39, 0.29) is 11.9 Å². The largest absolute Gasteiger partial charge is 0.370 e. The number of nitrogens with two attached hydrogens (primary N) is 1. The molecule has 0 aliphatic carbocycles. The molecule has 2 aromatic rings. The number of halogens is 1. The minimum atomic E-state index is -0.333. The van der Waals surface area contributed by atoms with E-state index in [2.05, 4.69) is 15.3 Å². The molecule has 4 N–H and O–H groups in total. The Morgan fingerprint density at radius 3 is 2.94 bits per heavy atom. The van der Waals surface area contributed by atoms with Crippen molar-refractivity contribution in [2.24, 2.45) is 10.7 Å². The number of carbonyl (C=O) groups excluding carboxylic acids is 1. The van der Waals surface area contributed by atoms with Gasteiger partial charge in [0.05, 0.1) is 0 Å². The molecule has 1 heterocycles. The maximum absolute atomic E-state index is 11.7. The van der Waals surface area contributed by atoms with E-state index in [1.54, 1.807) is 18.2 Å². The van der Waals surface area contributed by atoms with Crippen LogP contribution in [0.3, 0.4) is 0 Å². The van der Waals surface area contributed by atoms with E-state index >= 15 is 0 Å². The van der Waals surface area contributed by atoms with E-state index in [9.17, 15) is 4.79 Å². The molecule has 0 aliphatic heterocycles. The second-order valence-corrected chi connectivity index (χ2v) is 3.91. The summed E-state index contributed by atoms with van der Waals surface area (Å²) in [6.07, 6.45) is 0. The number of guanidine groups is 1. The highest BCUT2D eigenvalue weighted by atomic mass is 35.5. The van der Waals surface area contributed by atoms with Crippen molar-refractivity contribution in [3.63, 3.8) is 0 Å². The van der Waals surface area contributed by atoms with E-state index in [4.69, 9.17) is 17.3 Å². The minimum Gasteiger partial charge on any atom is -0.370 e.